The molecule has 0 fully saturated rings. The van der Waals surface area contributed by atoms with Crippen molar-refractivity contribution < 1.29 is 9.90 Å². The van der Waals surface area contributed by atoms with E-state index < -0.39 is 12.1 Å². The predicted molar refractivity (Wildman–Crippen MR) is 93.8 cm³/mol. The molecule has 2 atom stereocenters. The molecule has 1 aromatic carbocycles. The van der Waals surface area contributed by atoms with Gasteiger partial charge in [0.1, 0.15) is 5.65 Å². The Morgan fingerprint density at radius 1 is 1.33 bits per heavy atom. The Morgan fingerprint density at radius 2 is 2.08 bits per heavy atom. The van der Waals surface area contributed by atoms with Crippen LogP contribution in [0, 0.1) is 0 Å². The molecule has 1 amide bonds. The monoisotopic (exact) mass is 343 g/mol. The van der Waals surface area contributed by atoms with Gasteiger partial charge in [-0.05, 0) is 42.3 Å². The molecule has 3 N–H and O–H groups in total. The van der Waals surface area contributed by atoms with Crippen LogP contribution < -0.4 is 5.32 Å². The highest BCUT2D eigenvalue weighted by Gasteiger charge is 2.19. The maximum absolute atomic E-state index is 12.3. The number of H-pyrrole nitrogens is 1. The first-order valence-corrected chi connectivity index (χ1v) is 8.06. The van der Waals surface area contributed by atoms with Crippen molar-refractivity contribution in [3.05, 3.63) is 64.9 Å². The van der Waals surface area contributed by atoms with Crippen LogP contribution in [0.4, 0.5) is 0 Å². The Labute approximate surface area is 144 Å². The van der Waals surface area contributed by atoms with Gasteiger partial charge in [0.25, 0.3) is 0 Å². The molecule has 0 spiro atoms. The molecular weight excluding hydrogens is 326 g/mol. The summed E-state index contributed by atoms with van der Waals surface area (Å²) >= 11 is 5.85. The van der Waals surface area contributed by atoms with Gasteiger partial charge < -0.3 is 15.4 Å². The Kier molecular flexibility index (Phi) is 4.83. The van der Waals surface area contributed by atoms with Crippen molar-refractivity contribution >= 4 is 28.5 Å². The lowest BCUT2D eigenvalue weighted by molar-refractivity contribution is -0.121. The van der Waals surface area contributed by atoms with E-state index in [0.717, 1.165) is 16.6 Å². The summed E-state index contributed by atoms with van der Waals surface area (Å²) in [5.41, 5.74) is 2.35. The second-order valence-electron chi connectivity index (χ2n) is 5.74. The summed E-state index contributed by atoms with van der Waals surface area (Å²) in [5, 5.41) is 14.7. The van der Waals surface area contributed by atoms with Gasteiger partial charge in [0.2, 0.25) is 5.91 Å². The zero-order valence-electron chi connectivity index (χ0n) is 13.2. The van der Waals surface area contributed by atoms with Crippen molar-refractivity contribution in [1.29, 1.82) is 0 Å². The van der Waals surface area contributed by atoms with Gasteiger partial charge >= 0.3 is 0 Å². The van der Waals surface area contributed by atoms with Crippen LogP contribution in [-0.2, 0) is 11.2 Å². The molecule has 124 valence electrons. The molecule has 0 bridgehead atoms. The van der Waals surface area contributed by atoms with Crippen molar-refractivity contribution in [2.24, 2.45) is 0 Å². The summed E-state index contributed by atoms with van der Waals surface area (Å²) < 4.78 is 0. The average Bonchev–Trinajstić information content (AvgIpc) is 2.98. The predicted octanol–water partition coefficient (Wildman–Crippen LogP) is 3.00. The van der Waals surface area contributed by atoms with Crippen molar-refractivity contribution in [3.63, 3.8) is 0 Å². The first-order chi connectivity index (χ1) is 11.5. The molecule has 24 heavy (non-hydrogen) atoms. The molecule has 0 aliphatic rings. The average molecular weight is 344 g/mol. The van der Waals surface area contributed by atoms with Gasteiger partial charge in [-0.1, -0.05) is 23.7 Å². The molecule has 2 unspecified atom stereocenters. The number of pyridine rings is 1. The molecule has 2 heterocycles. The Hall–Kier alpha value is -2.37. The van der Waals surface area contributed by atoms with Gasteiger partial charge in [0.15, 0.2) is 0 Å². The fraction of sp³-hybridized carbons (Fsp3) is 0.222. The third-order valence-corrected chi connectivity index (χ3v) is 4.21. The molecular formula is C18H18ClN3O2. The Bertz CT molecular complexity index is 845. The van der Waals surface area contributed by atoms with Crippen LogP contribution in [0.1, 0.15) is 24.2 Å². The lowest BCUT2D eigenvalue weighted by Crippen LogP contribution is -2.37. The van der Waals surface area contributed by atoms with E-state index in [1.54, 1.807) is 43.6 Å². The van der Waals surface area contributed by atoms with E-state index in [1.165, 1.54) is 0 Å². The summed E-state index contributed by atoms with van der Waals surface area (Å²) in [6.07, 6.45) is 2.92. The number of hydrogen-bond donors (Lipinski definition) is 3. The van der Waals surface area contributed by atoms with Crippen LogP contribution in [0.15, 0.2) is 48.8 Å². The second kappa shape index (κ2) is 7.03. The van der Waals surface area contributed by atoms with E-state index in [-0.39, 0.29) is 12.3 Å². The van der Waals surface area contributed by atoms with Gasteiger partial charge in [-0.15, -0.1) is 0 Å². The van der Waals surface area contributed by atoms with E-state index >= 15 is 0 Å². The summed E-state index contributed by atoms with van der Waals surface area (Å²) in [6.45, 7) is 1.77. The maximum atomic E-state index is 12.3. The summed E-state index contributed by atoms with van der Waals surface area (Å²) in [7, 11) is 0. The molecule has 0 aliphatic carbocycles. The number of aromatic amines is 1. The van der Waals surface area contributed by atoms with Crippen LogP contribution in [0.5, 0.6) is 0 Å². The Balaban J connectivity index is 1.64. The highest BCUT2D eigenvalue weighted by molar-refractivity contribution is 6.30. The number of aliphatic hydroxyl groups excluding tert-OH is 1. The van der Waals surface area contributed by atoms with Crippen LogP contribution >= 0.6 is 11.6 Å². The maximum Gasteiger partial charge on any atom is 0.224 e. The minimum atomic E-state index is -0.796. The third kappa shape index (κ3) is 3.58. The van der Waals surface area contributed by atoms with Crippen LogP contribution in [0.3, 0.4) is 0 Å². The highest BCUT2D eigenvalue weighted by atomic mass is 35.5. The van der Waals surface area contributed by atoms with Gasteiger partial charge in [-0.2, -0.15) is 0 Å². The number of nitrogens with one attached hydrogen (secondary N) is 2. The summed E-state index contributed by atoms with van der Waals surface area (Å²) in [5.74, 6) is -0.153. The van der Waals surface area contributed by atoms with Crippen molar-refractivity contribution in [3.8, 4) is 0 Å². The number of benzene rings is 1. The third-order valence-electron chi connectivity index (χ3n) is 3.96. The summed E-state index contributed by atoms with van der Waals surface area (Å²) in [6, 6.07) is 10.3. The zero-order valence-corrected chi connectivity index (χ0v) is 13.9. The molecule has 0 saturated heterocycles. The molecule has 6 heteroatoms. The molecule has 3 aromatic rings. The number of aliphatic hydroxyl groups is 1. The molecule has 2 aromatic heterocycles. The fourth-order valence-corrected chi connectivity index (χ4v) is 2.79. The minimum Gasteiger partial charge on any atom is -0.386 e. The number of halogens is 1. The van der Waals surface area contributed by atoms with E-state index in [1.807, 2.05) is 12.1 Å². The summed E-state index contributed by atoms with van der Waals surface area (Å²) in [4.78, 5) is 19.5. The number of carbonyl (C=O) groups excluding carboxylic acids is 1. The number of rotatable bonds is 5. The standard InChI is InChI=1S/C18H18ClN3O2/c1-11(17(24)12-4-6-14(19)7-5-12)22-16(23)9-13-10-21-18-15(13)3-2-8-20-18/h2-8,10-11,17,24H,9H2,1H3,(H,20,21)(H,22,23). The van der Waals surface area contributed by atoms with Gasteiger partial charge in [0, 0.05) is 22.8 Å². The van der Waals surface area contributed by atoms with Gasteiger partial charge in [0.05, 0.1) is 18.6 Å². The van der Waals surface area contributed by atoms with Crippen LogP contribution in [-0.4, -0.2) is 27.0 Å². The Morgan fingerprint density at radius 3 is 2.83 bits per heavy atom. The number of amides is 1. The first kappa shape index (κ1) is 16.5. The zero-order chi connectivity index (χ0) is 17.1. The lowest BCUT2D eigenvalue weighted by atomic mass is 10.0. The van der Waals surface area contributed by atoms with E-state index in [4.69, 9.17) is 11.6 Å². The molecule has 5 nitrogen and oxygen atoms in total. The molecule has 0 saturated carbocycles. The second-order valence-corrected chi connectivity index (χ2v) is 6.18. The number of hydrogen-bond acceptors (Lipinski definition) is 3. The van der Waals surface area contributed by atoms with Crippen LogP contribution in [0.2, 0.25) is 5.02 Å². The van der Waals surface area contributed by atoms with Crippen molar-refractivity contribution in [1.82, 2.24) is 15.3 Å². The van der Waals surface area contributed by atoms with E-state index in [2.05, 4.69) is 15.3 Å². The normalized spacial score (nSPS) is 13.6. The smallest absolute Gasteiger partial charge is 0.224 e. The van der Waals surface area contributed by atoms with Gasteiger partial charge in [-0.3, -0.25) is 4.79 Å². The van der Waals surface area contributed by atoms with Crippen molar-refractivity contribution in [2.45, 2.75) is 25.5 Å². The van der Waals surface area contributed by atoms with Gasteiger partial charge in [-0.25, -0.2) is 4.98 Å². The van der Waals surface area contributed by atoms with Crippen LogP contribution in [0.25, 0.3) is 11.0 Å². The molecule has 0 aliphatic heterocycles. The number of nitrogens with zero attached hydrogens (tertiary/aromatic N) is 1. The fourth-order valence-electron chi connectivity index (χ4n) is 2.66. The largest absolute Gasteiger partial charge is 0.386 e. The quantitative estimate of drug-likeness (QED) is 0.666. The SMILES string of the molecule is CC(NC(=O)Cc1c[nH]c2ncccc12)C(O)c1ccc(Cl)cc1. The molecule has 0 radical (unpaired) electrons. The lowest BCUT2D eigenvalue weighted by Gasteiger charge is -2.20. The number of fused-ring (bicyclic) bond motifs is 1. The van der Waals surface area contributed by atoms with E-state index in [0.29, 0.717) is 10.6 Å². The molecule has 3 rings (SSSR count). The minimum absolute atomic E-state index is 0.153. The van der Waals surface area contributed by atoms with Crippen molar-refractivity contribution in [2.75, 3.05) is 0 Å². The number of aromatic nitrogens is 2. The first-order valence-electron chi connectivity index (χ1n) is 7.68. The van der Waals surface area contributed by atoms with E-state index in [9.17, 15) is 9.90 Å². The topological polar surface area (TPSA) is 78.0 Å². The highest BCUT2D eigenvalue weighted by Crippen LogP contribution is 2.20. The number of carbonyl (C=O) groups is 1.